The predicted octanol–water partition coefficient (Wildman–Crippen LogP) is 3.38. The maximum atomic E-state index is 13.4. The molecule has 2 rings (SSSR count). The number of benzene rings is 2. The van der Waals surface area contributed by atoms with Crippen molar-refractivity contribution in [2.24, 2.45) is 0 Å². The van der Waals surface area contributed by atoms with E-state index in [1.807, 2.05) is 0 Å². The normalized spacial score (nSPS) is 10.3. The molecule has 8 heteroatoms. The molecule has 0 bridgehead atoms. The molecule has 0 unspecified atom stereocenters. The standard InChI is InChI=1S/C16H12F3NO3S/c17-10-5-6-11(18)13(7-10)20-15(21)8-23-16(22)9-24-14-4-2-1-3-12(14)19/h1-7H,8-9H2,(H,20,21). The monoisotopic (exact) mass is 355 g/mol. The molecular formula is C16H12F3NO3S. The maximum Gasteiger partial charge on any atom is 0.316 e. The molecule has 0 spiro atoms. The van der Waals surface area contributed by atoms with E-state index in [0.29, 0.717) is 0 Å². The van der Waals surface area contributed by atoms with Gasteiger partial charge >= 0.3 is 5.97 Å². The van der Waals surface area contributed by atoms with Gasteiger partial charge in [-0.3, -0.25) is 9.59 Å². The SMILES string of the molecule is O=C(COC(=O)CSc1ccccc1F)Nc1cc(F)ccc1F. The number of hydrogen-bond donors (Lipinski definition) is 1. The van der Waals surface area contributed by atoms with Crippen molar-refractivity contribution in [3.05, 3.63) is 59.9 Å². The molecule has 0 radical (unpaired) electrons. The largest absolute Gasteiger partial charge is 0.455 e. The molecule has 0 heterocycles. The lowest BCUT2D eigenvalue weighted by atomic mass is 10.3. The minimum atomic E-state index is -0.816. The first-order valence-corrected chi connectivity index (χ1v) is 7.72. The van der Waals surface area contributed by atoms with Gasteiger partial charge in [0.15, 0.2) is 6.61 Å². The molecule has 1 amide bonds. The summed E-state index contributed by atoms with van der Waals surface area (Å²) in [6.45, 7) is -0.660. The molecule has 2 aromatic carbocycles. The van der Waals surface area contributed by atoms with Crippen LogP contribution in [0.4, 0.5) is 18.9 Å². The van der Waals surface area contributed by atoms with Crippen LogP contribution < -0.4 is 5.32 Å². The third-order valence-corrected chi connectivity index (χ3v) is 3.77. The Morgan fingerprint density at radius 2 is 1.79 bits per heavy atom. The van der Waals surface area contributed by atoms with Crippen molar-refractivity contribution < 1.29 is 27.5 Å². The van der Waals surface area contributed by atoms with Crippen molar-refractivity contribution in [1.29, 1.82) is 0 Å². The smallest absolute Gasteiger partial charge is 0.316 e. The molecule has 0 fully saturated rings. The minimum Gasteiger partial charge on any atom is -0.455 e. The lowest BCUT2D eigenvalue weighted by Crippen LogP contribution is -2.22. The van der Waals surface area contributed by atoms with E-state index in [4.69, 9.17) is 4.74 Å². The highest BCUT2D eigenvalue weighted by Gasteiger charge is 2.12. The molecule has 0 aromatic heterocycles. The molecule has 0 aliphatic carbocycles. The molecule has 1 N–H and O–H groups in total. The summed E-state index contributed by atoms with van der Waals surface area (Å²) in [6.07, 6.45) is 0. The molecule has 2 aromatic rings. The Kier molecular flexibility index (Phi) is 6.25. The second kappa shape index (κ2) is 8.39. The zero-order chi connectivity index (χ0) is 17.5. The minimum absolute atomic E-state index is 0.192. The van der Waals surface area contributed by atoms with Crippen LogP contribution >= 0.6 is 11.8 Å². The average Bonchev–Trinajstić information content (AvgIpc) is 2.55. The van der Waals surface area contributed by atoms with E-state index >= 15 is 0 Å². The summed E-state index contributed by atoms with van der Waals surface area (Å²) < 4.78 is 44.4. The summed E-state index contributed by atoms with van der Waals surface area (Å²) in [4.78, 5) is 23.4. The van der Waals surface area contributed by atoms with Crippen molar-refractivity contribution >= 4 is 29.3 Å². The van der Waals surface area contributed by atoms with Gasteiger partial charge < -0.3 is 10.1 Å². The molecule has 126 valence electrons. The second-order valence-electron chi connectivity index (χ2n) is 4.55. The number of amides is 1. The topological polar surface area (TPSA) is 55.4 Å². The summed E-state index contributed by atoms with van der Waals surface area (Å²) in [7, 11) is 0. The Hall–Kier alpha value is -2.48. The lowest BCUT2D eigenvalue weighted by molar-refractivity contribution is -0.144. The highest BCUT2D eigenvalue weighted by molar-refractivity contribution is 8.00. The maximum absolute atomic E-state index is 13.4. The van der Waals surface area contributed by atoms with Gasteiger partial charge in [-0.15, -0.1) is 11.8 Å². The van der Waals surface area contributed by atoms with Gasteiger partial charge in [0, 0.05) is 11.0 Å². The molecule has 0 saturated heterocycles. The average molecular weight is 355 g/mol. The van der Waals surface area contributed by atoms with Crippen LogP contribution in [-0.2, 0) is 14.3 Å². The second-order valence-corrected chi connectivity index (χ2v) is 5.57. The van der Waals surface area contributed by atoms with Crippen LogP contribution in [0.1, 0.15) is 0 Å². The lowest BCUT2D eigenvalue weighted by Gasteiger charge is -2.07. The van der Waals surface area contributed by atoms with Crippen LogP contribution in [0.15, 0.2) is 47.4 Å². The molecule has 0 saturated carbocycles. The van der Waals surface area contributed by atoms with Crippen molar-refractivity contribution in [3.63, 3.8) is 0 Å². The van der Waals surface area contributed by atoms with E-state index in [1.165, 1.54) is 18.2 Å². The number of carbonyl (C=O) groups is 2. The quantitative estimate of drug-likeness (QED) is 0.638. The third-order valence-electron chi connectivity index (χ3n) is 2.75. The first kappa shape index (κ1) is 17.9. The number of rotatable bonds is 6. The number of halogens is 3. The van der Waals surface area contributed by atoms with Crippen LogP contribution in [0, 0.1) is 17.5 Å². The highest BCUT2D eigenvalue weighted by atomic mass is 32.2. The summed E-state index contributed by atoms with van der Waals surface area (Å²) >= 11 is 0.924. The van der Waals surface area contributed by atoms with Crippen LogP contribution in [0.2, 0.25) is 0 Å². The molecule has 24 heavy (non-hydrogen) atoms. The summed E-state index contributed by atoms with van der Waals surface area (Å²) in [5, 5.41) is 2.09. The Bertz CT molecular complexity index is 755. The number of hydrogen-bond acceptors (Lipinski definition) is 4. The fourth-order valence-corrected chi connectivity index (χ4v) is 2.40. The van der Waals surface area contributed by atoms with Gasteiger partial charge in [-0.1, -0.05) is 12.1 Å². The Labute approximate surface area is 140 Å². The Morgan fingerprint density at radius 3 is 2.54 bits per heavy atom. The van der Waals surface area contributed by atoms with Gasteiger partial charge in [0.25, 0.3) is 5.91 Å². The summed E-state index contributed by atoms with van der Waals surface area (Å²) in [5.74, 6) is -3.74. The van der Waals surface area contributed by atoms with Crippen molar-refractivity contribution in [3.8, 4) is 0 Å². The first-order chi connectivity index (χ1) is 11.5. The fraction of sp³-hybridized carbons (Fsp3) is 0.125. The van der Waals surface area contributed by atoms with Gasteiger partial charge in [0.2, 0.25) is 0 Å². The van der Waals surface area contributed by atoms with Crippen LogP contribution in [0.3, 0.4) is 0 Å². The first-order valence-electron chi connectivity index (χ1n) is 6.73. The van der Waals surface area contributed by atoms with Gasteiger partial charge in [0.1, 0.15) is 17.5 Å². The highest BCUT2D eigenvalue weighted by Crippen LogP contribution is 2.21. The number of carbonyl (C=O) groups excluding carboxylic acids is 2. The van der Waals surface area contributed by atoms with Crippen molar-refractivity contribution in [1.82, 2.24) is 0 Å². The van der Waals surface area contributed by atoms with E-state index < -0.39 is 35.9 Å². The number of ether oxygens (including phenoxy) is 1. The van der Waals surface area contributed by atoms with Gasteiger partial charge in [-0.25, -0.2) is 13.2 Å². The molecular weight excluding hydrogens is 343 g/mol. The van der Waals surface area contributed by atoms with E-state index in [2.05, 4.69) is 5.32 Å². The van der Waals surface area contributed by atoms with Crippen molar-refractivity contribution in [2.75, 3.05) is 17.7 Å². The van der Waals surface area contributed by atoms with Crippen LogP contribution in [-0.4, -0.2) is 24.2 Å². The summed E-state index contributed by atoms with van der Waals surface area (Å²) in [5.41, 5.74) is -0.350. The summed E-state index contributed by atoms with van der Waals surface area (Å²) in [6, 6.07) is 8.49. The Morgan fingerprint density at radius 1 is 1.04 bits per heavy atom. The zero-order valence-electron chi connectivity index (χ0n) is 12.2. The molecule has 0 atom stereocenters. The number of anilines is 1. The molecule has 0 aliphatic heterocycles. The third kappa shape index (κ3) is 5.31. The zero-order valence-corrected chi connectivity index (χ0v) is 13.0. The van der Waals surface area contributed by atoms with Crippen LogP contribution in [0.25, 0.3) is 0 Å². The van der Waals surface area contributed by atoms with Gasteiger partial charge in [-0.2, -0.15) is 0 Å². The number of thioether (sulfide) groups is 1. The molecule has 4 nitrogen and oxygen atoms in total. The number of nitrogens with one attached hydrogen (secondary N) is 1. The predicted molar refractivity (Wildman–Crippen MR) is 83.1 cm³/mol. The van der Waals surface area contributed by atoms with Gasteiger partial charge in [0.05, 0.1) is 11.4 Å². The van der Waals surface area contributed by atoms with Crippen LogP contribution in [0.5, 0.6) is 0 Å². The fourth-order valence-electron chi connectivity index (χ4n) is 1.67. The number of esters is 1. The van der Waals surface area contributed by atoms with E-state index in [9.17, 15) is 22.8 Å². The molecule has 0 aliphatic rings. The van der Waals surface area contributed by atoms with E-state index in [1.54, 1.807) is 6.07 Å². The van der Waals surface area contributed by atoms with Crippen molar-refractivity contribution in [2.45, 2.75) is 4.90 Å². The van der Waals surface area contributed by atoms with E-state index in [0.717, 1.165) is 30.0 Å². The Balaban J connectivity index is 1.78. The van der Waals surface area contributed by atoms with E-state index in [-0.39, 0.29) is 16.3 Å². The van der Waals surface area contributed by atoms with Gasteiger partial charge in [-0.05, 0) is 24.3 Å².